The molecule has 6 nitrogen and oxygen atoms in total. The summed E-state index contributed by atoms with van der Waals surface area (Å²) in [7, 11) is 1.52. The summed E-state index contributed by atoms with van der Waals surface area (Å²) in [5.74, 6) is 0.00365. The van der Waals surface area contributed by atoms with E-state index in [1.165, 1.54) is 7.05 Å². The van der Waals surface area contributed by atoms with Crippen molar-refractivity contribution in [1.29, 1.82) is 5.26 Å². The lowest BCUT2D eigenvalue weighted by atomic mass is 10.2. The third-order valence-electron chi connectivity index (χ3n) is 2.62. The lowest BCUT2D eigenvalue weighted by Crippen LogP contribution is -2.09. The zero-order chi connectivity index (χ0) is 15.8. The summed E-state index contributed by atoms with van der Waals surface area (Å²) in [6.45, 7) is 0. The Labute approximate surface area is 121 Å². The highest BCUT2D eigenvalue weighted by Gasteiger charge is 2.32. The summed E-state index contributed by atoms with van der Waals surface area (Å²) < 4.78 is 38.7. The topological polar surface area (TPSA) is 92.6 Å². The Morgan fingerprint density at radius 2 is 2.14 bits per heavy atom. The molecule has 0 aliphatic carbocycles. The van der Waals surface area contributed by atoms with E-state index in [2.05, 4.69) is 15.4 Å². The average molecular weight is 317 g/mol. The maximum absolute atomic E-state index is 12.6. The molecule has 0 aliphatic heterocycles. The number of nitrogens with zero attached hydrogens (tertiary/aromatic N) is 4. The van der Waals surface area contributed by atoms with Crippen LogP contribution in [0.2, 0.25) is 5.02 Å². The SMILES string of the molecule is CNc1nn(-c2ncc(C(F)(F)F)cc2Cl)c(N)c1C#N. The van der Waals surface area contributed by atoms with Crippen LogP contribution in [0.25, 0.3) is 5.82 Å². The summed E-state index contributed by atoms with van der Waals surface area (Å²) >= 11 is 5.81. The first-order valence-electron chi connectivity index (χ1n) is 5.49. The second-order valence-electron chi connectivity index (χ2n) is 3.91. The highest BCUT2D eigenvalue weighted by Crippen LogP contribution is 2.33. The van der Waals surface area contributed by atoms with Crippen LogP contribution in [0.5, 0.6) is 0 Å². The number of nitrogens with one attached hydrogen (secondary N) is 1. The number of nitrogens with two attached hydrogens (primary N) is 1. The zero-order valence-corrected chi connectivity index (χ0v) is 11.3. The molecular weight excluding hydrogens is 309 g/mol. The molecule has 0 unspecified atom stereocenters. The summed E-state index contributed by atoms with van der Waals surface area (Å²) in [6.07, 6.45) is -3.94. The van der Waals surface area contributed by atoms with E-state index in [1.54, 1.807) is 0 Å². The van der Waals surface area contributed by atoms with Crippen molar-refractivity contribution in [3.05, 3.63) is 28.4 Å². The van der Waals surface area contributed by atoms with Crippen molar-refractivity contribution in [3.8, 4) is 11.9 Å². The van der Waals surface area contributed by atoms with Crippen LogP contribution in [0.4, 0.5) is 24.8 Å². The summed E-state index contributed by atoms with van der Waals surface area (Å²) in [6, 6.07) is 2.56. The van der Waals surface area contributed by atoms with Gasteiger partial charge < -0.3 is 11.1 Å². The van der Waals surface area contributed by atoms with Crippen LogP contribution in [0, 0.1) is 11.3 Å². The molecule has 0 bridgehead atoms. The Morgan fingerprint density at radius 3 is 2.57 bits per heavy atom. The number of alkyl halides is 3. The van der Waals surface area contributed by atoms with Crippen molar-refractivity contribution in [2.45, 2.75) is 6.18 Å². The Bertz CT molecular complexity index is 731. The fraction of sp³-hybridized carbons (Fsp3) is 0.182. The number of hydrogen-bond acceptors (Lipinski definition) is 5. The Balaban J connectivity index is 2.59. The molecule has 0 aromatic carbocycles. The van der Waals surface area contributed by atoms with Crippen LogP contribution in [0.1, 0.15) is 11.1 Å². The Kier molecular flexibility index (Phi) is 3.65. The second kappa shape index (κ2) is 5.14. The fourth-order valence-corrected chi connectivity index (χ4v) is 1.87. The molecule has 21 heavy (non-hydrogen) atoms. The number of hydrogen-bond donors (Lipinski definition) is 2. The van der Waals surface area contributed by atoms with Crippen molar-refractivity contribution in [1.82, 2.24) is 14.8 Å². The standard InChI is InChI=1S/C11H8ClF3N6/c1-18-9-6(3-16)8(17)21(20-9)10-7(12)2-5(4-19-10)11(13,14)15/h2,4H,17H2,1H3,(H,18,20). The van der Waals surface area contributed by atoms with E-state index in [9.17, 15) is 13.2 Å². The summed E-state index contributed by atoms with van der Waals surface area (Å²) in [4.78, 5) is 3.63. The van der Waals surface area contributed by atoms with Crippen molar-refractivity contribution in [2.75, 3.05) is 18.1 Å². The largest absolute Gasteiger partial charge is 0.417 e. The number of aromatic nitrogens is 3. The summed E-state index contributed by atoms with van der Waals surface area (Å²) in [5.41, 5.74) is 4.79. The highest BCUT2D eigenvalue weighted by atomic mass is 35.5. The van der Waals surface area contributed by atoms with Gasteiger partial charge in [0.25, 0.3) is 0 Å². The maximum atomic E-state index is 12.6. The molecule has 0 atom stereocenters. The van der Waals surface area contributed by atoms with Crippen LogP contribution in [-0.2, 0) is 6.18 Å². The number of anilines is 2. The maximum Gasteiger partial charge on any atom is 0.417 e. The van der Waals surface area contributed by atoms with Gasteiger partial charge in [-0.25, -0.2) is 4.98 Å². The number of nitrogen functional groups attached to an aromatic ring is 1. The molecular formula is C11H8ClF3N6. The molecule has 0 amide bonds. The van der Waals surface area contributed by atoms with Gasteiger partial charge in [0.2, 0.25) is 0 Å². The van der Waals surface area contributed by atoms with E-state index >= 15 is 0 Å². The van der Waals surface area contributed by atoms with Crippen molar-refractivity contribution in [2.24, 2.45) is 0 Å². The third-order valence-corrected chi connectivity index (χ3v) is 2.90. The van der Waals surface area contributed by atoms with Crippen LogP contribution in [0.3, 0.4) is 0 Å². The van der Waals surface area contributed by atoms with E-state index in [1.807, 2.05) is 6.07 Å². The van der Waals surface area contributed by atoms with Crippen LogP contribution in [-0.4, -0.2) is 21.8 Å². The average Bonchev–Trinajstić information content (AvgIpc) is 2.73. The van der Waals surface area contributed by atoms with E-state index in [0.29, 0.717) is 6.20 Å². The minimum Gasteiger partial charge on any atom is -0.382 e. The first-order valence-corrected chi connectivity index (χ1v) is 5.86. The molecule has 0 fully saturated rings. The minimum absolute atomic E-state index is 0.0512. The van der Waals surface area contributed by atoms with E-state index in [0.717, 1.165) is 10.7 Å². The van der Waals surface area contributed by atoms with Crippen molar-refractivity contribution >= 4 is 23.2 Å². The fourth-order valence-electron chi connectivity index (χ4n) is 1.62. The first kappa shape index (κ1) is 14.9. The first-order chi connectivity index (χ1) is 9.79. The molecule has 2 heterocycles. The van der Waals surface area contributed by atoms with Gasteiger partial charge in [-0.15, -0.1) is 5.10 Å². The van der Waals surface area contributed by atoms with Gasteiger partial charge in [-0.3, -0.25) is 0 Å². The Hall–Kier alpha value is -2.47. The van der Waals surface area contributed by atoms with Crippen LogP contribution >= 0.6 is 11.6 Å². The van der Waals surface area contributed by atoms with Gasteiger partial charge in [-0.1, -0.05) is 11.6 Å². The molecule has 0 saturated heterocycles. The molecule has 0 aliphatic rings. The van der Waals surface area contributed by atoms with Crippen LogP contribution in [0.15, 0.2) is 12.3 Å². The highest BCUT2D eigenvalue weighted by molar-refractivity contribution is 6.32. The number of halogens is 4. The third kappa shape index (κ3) is 2.57. The zero-order valence-electron chi connectivity index (χ0n) is 10.5. The molecule has 2 rings (SSSR count). The quantitative estimate of drug-likeness (QED) is 0.887. The molecule has 2 aromatic heterocycles. The number of nitriles is 1. The van der Waals surface area contributed by atoms with Gasteiger partial charge in [0.1, 0.15) is 17.5 Å². The van der Waals surface area contributed by atoms with Gasteiger partial charge >= 0.3 is 6.18 Å². The normalized spacial score (nSPS) is 11.2. The van der Waals surface area contributed by atoms with Crippen molar-refractivity contribution in [3.63, 3.8) is 0 Å². The van der Waals surface area contributed by atoms with E-state index in [4.69, 9.17) is 22.6 Å². The predicted molar refractivity (Wildman–Crippen MR) is 70.0 cm³/mol. The molecule has 0 radical (unpaired) electrons. The summed E-state index contributed by atoms with van der Waals surface area (Å²) in [5, 5.41) is 15.3. The molecule has 0 spiro atoms. The number of pyridine rings is 1. The van der Waals surface area contributed by atoms with Gasteiger partial charge in [0, 0.05) is 13.2 Å². The molecule has 0 saturated carbocycles. The Morgan fingerprint density at radius 1 is 1.48 bits per heavy atom. The van der Waals surface area contributed by atoms with Gasteiger partial charge in [-0.05, 0) is 6.07 Å². The van der Waals surface area contributed by atoms with E-state index in [-0.39, 0.29) is 28.0 Å². The molecule has 110 valence electrons. The predicted octanol–water partition coefficient (Wildman–Crippen LogP) is 2.44. The van der Waals surface area contributed by atoms with Crippen LogP contribution < -0.4 is 11.1 Å². The molecule has 3 N–H and O–H groups in total. The number of rotatable bonds is 2. The minimum atomic E-state index is -4.56. The van der Waals surface area contributed by atoms with Gasteiger partial charge in [0.15, 0.2) is 11.6 Å². The lowest BCUT2D eigenvalue weighted by Gasteiger charge is -2.09. The van der Waals surface area contributed by atoms with Crippen molar-refractivity contribution < 1.29 is 13.2 Å². The lowest BCUT2D eigenvalue weighted by molar-refractivity contribution is -0.137. The smallest absolute Gasteiger partial charge is 0.382 e. The monoisotopic (exact) mass is 316 g/mol. The van der Waals surface area contributed by atoms with Gasteiger partial charge in [0.05, 0.1) is 10.6 Å². The van der Waals surface area contributed by atoms with Gasteiger partial charge in [-0.2, -0.15) is 23.1 Å². The second-order valence-corrected chi connectivity index (χ2v) is 4.32. The molecule has 10 heteroatoms. The van der Waals surface area contributed by atoms with E-state index < -0.39 is 11.7 Å². The molecule has 2 aromatic rings.